The number of aromatic nitrogens is 1. The SMILES string of the molecule is CC(C)Nc1cc(CCC2CCCCN2)ccn1. The second-order valence-electron chi connectivity index (χ2n) is 5.53. The Labute approximate surface area is 110 Å². The Kier molecular flexibility index (Phi) is 5.00. The first-order chi connectivity index (χ1) is 8.74. The normalized spacial score (nSPS) is 20.1. The predicted molar refractivity (Wildman–Crippen MR) is 77.0 cm³/mol. The quantitative estimate of drug-likeness (QED) is 0.840. The van der Waals surface area contributed by atoms with Crippen LogP contribution in [0.15, 0.2) is 18.3 Å². The molecule has 1 aromatic rings. The van der Waals surface area contributed by atoms with Crippen LogP contribution in [0.3, 0.4) is 0 Å². The van der Waals surface area contributed by atoms with Crippen molar-refractivity contribution in [2.24, 2.45) is 0 Å². The van der Waals surface area contributed by atoms with Gasteiger partial charge < -0.3 is 10.6 Å². The van der Waals surface area contributed by atoms with Crippen LogP contribution in [-0.2, 0) is 6.42 Å². The molecule has 2 heterocycles. The van der Waals surface area contributed by atoms with Gasteiger partial charge in [0.2, 0.25) is 0 Å². The van der Waals surface area contributed by atoms with Crippen molar-refractivity contribution in [1.29, 1.82) is 0 Å². The average Bonchev–Trinajstić information content (AvgIpc) is 2.37. The minimum atomic E-state index is 0.438. The van der Waals surface area contributed by atoms with Crippen molar-refractivity contribution >= 4 is 5.82 Å². The summed E-state index contributed by atoms with van der Waals surface area (Å²) in [4.78, 5) is 4.35. The minimum Gasteiger partial charge on any atom is -0.368 e. The average molecular weight is 247 g/mol. The van der Waals surface area contributed by atoms with Crippen LogP contribution >= 0.6 is 0 Å². The Morgan fingerprint density at radius 2 is 2.33 bits per heavy atom. The molecule has 0 spiro atoms. The fourth-order valence-corrected chi connectivity index (χ4v) is 2.52. The number of aryl methyl sites for hydroxylation is 1. The van der Waals surface area contributed by atoms with Gasteiger partial charge in [0, 0.05) is 18.3 Å². The monoisotopic (exact) mass is 247 g/mol. The Morgan fingerprint density at radius 1 is 1.44 bits per heavy atom. The van der Waals surface area contributed by atoms with Gasteiger partial charge in [0.15, 0.2) is 0 Å². The van der Waals surface area contributed by atoms with Gasteiger partial charge in [0.1, 0.15) is 5.82 Å². The third kappa shape index (κ3) is 4.30. The van der Waals surface area contributed by atoms with Crippen LogP contribution < -0.4 is 10.6 Å². The van der Waals surface area contributed by atoms with Crippen LogP contribution in [0.2, 0.25) is 0 Å². The highest BCUT2D eigenvalue weighted by Crippen LogP contribution is 2.15. The van der Waals surface area contributed by atoms with Gasteiger partial charge >= 0.3 is 0 Å². The van der Waals surface area contributed by atoms with E-state index in [1.54, 1.807) is 0 Å². The zero-order valence-electron chi connectivity index (χ0n) is 11.6. The molecule has 100 valence electrons. The highest BCUT2D eigenvalue weighted by atomic mass is 15.0. The Morgan fingerprint density at radius 3 is 3.06 bits per heavy atom. The van der Waals surface area contributed by atoms with E-state index in [1.807, 2.05) is 6.20 Å². The zero-order valence-corrected chi connectivity index (χ0v) is 11.6. The second-order valence-corrected chi connectivity index (χ2v) is 5.53. The number of rotatable bonds is 5. The Balaban J connectivity index is 1.84. The zero-order chi connectivity index (χ0) is 12.8. The molecule has 0 saturated carbocycles. The minimum absolute atomic E-state index is 0.438. The summed E-state index contributed by atoms with van der Waals surface area (Å²) in [5.41, 5.74) is 1.39. The fraction of sp³-hybridized carbons (Fsp3) is 0.667. The van der Waals surface area contributed by atoms with Crippen LogP contribution in [0.4, 0.5) is 5.82 Å². The molecule has 0 aromatic carbocycles. The van der Waals surface area contributed by atoms with E-state index in [0.717, 1.165) is 12.2 Å². The van der Waals surface area contributed by atoms with E-state index in [0.29, 0.717) is 12.1 Å². The molecule has 18 heavy (non-hydrogen) atoms. The molecule has 1 aliphatic rings. The van der Waals surface area contributed by atoms with E-state index >= 15 is 0 Å². The standard InChI is InChI=1S/C15H25N3/c1-12(2)18-15-11-13(8-10-17-15)6-7-14-5-3-4-9-16-14/h8,10-12,14,16H,3-7,9H2,1-2H3,(H,17,18). The summed E-state index contributed by atoms with van der Waals surface area (Å²) in [6.07, 6.45) is 8.36. The lowest BCUT2D eigenvalue weighted by molar-refractivity contribution is 0.383. The summed E-state index contributed by atoms with van der Waals surface area (Å²) >= 11 is 0. The highest BCUT2D eigenvalue weighted by Gasteiger charge is 2.12. The Hall–Kier alpha value is -1.09. The summed E-state index contributed by atoms with van der Waals surface area (Å²) in [6, 6.07) is 5.47. The number of hydrogen-bond acceptors (Lipinski definition) is 3. The molecule has 1 unspecified atom stereocenters. The highest BCUT2D eigenvalue weighted by molar-refractivity contribution is 5.38. The van der Waals surface area contributed by atoms with Gasteiger partial charge in [-0.3, -0.25) is 0 Å². The summed E-state index contributed by atoms with van der Waals surface area (Å²) in [7, 11) is 0. The first kappa shape index (κ1) is 13.3. The van der Waals surface area contributed by atoms with E-state index in [9.17, 15) is 0 Å². The van der Waals surface area contributed by atoms with Gasteiger partial charge in [-0.25, -0.2) is 4.98 Å². The number of anilines is 1. The lowest BCUT2D eigenvalue weighted by atomic mass is 9.98. The molecule has 3 heteroatoms. The number of piperidine rings is 1. The number of nitrogens with one attached hydrogen (secondary N) is 2. The van der Waals surface area contributed by atoms with E-state index in [1.165, 1.54) is 37.8 Å². The molecule has 0 aliphatic carbocycles. The summed E-state index contributed by atoms with van der Waals surface area (Å²) in [5, 5.41) is 6.96. The molecule has 1 aliphatic heterocycles. The molecule has 0 bridgehead atoms. The maximum Gasteiger partial charge on any atom is 0.126 e. The number of nitrogens with zero attached hydrogens (tertiary/aromatic N) is 1. The molecular formula is C15H25N3. The van der Waals surface area contributed by atoms with Gasteiger partial charge in [-0.2, -0.15) is 0 Å². The lowest BCUT2D eigenvalue weighted by Crippen LogP contribution is -2.34. The largest absolute Gasteiger partial charge is 0.368 e. The van der Waals surface area contributed by atoms with Gasteiger partial charge in [0.05, 0.1) is 0 Å². The maximum atomic E-state index is 4.35. The molecule has 1 atom stereocenters. The molecular weight excluding hydrogens is 222 g/mol. The molecule has 0 radical (unpaired) electrons. The molecule has 1 fully saturated rings. The van der Waals surface area contributed by atoms with E-state index in [2.05, 4.69) is 41.6 Å². The topological polar surface area (TPSA) is 37.0 Å². The first-order valence-corrected chi connectivity index (χ1v) is 7.19. The summed E-state index contributed by atoms with van der Waals surface area (Å²) in [5.74, 6) is 0.999. The second kappa shape index (κ2) is 6.74. The van der Waals surface area contributed by atoms with Gasteiger partial charge in [-0.15, -0.1) is 0 Å². The smallest absolute Gasteiger partial charge is 0.126 e. The maximum absolute atomic E-state index is 4.35. The van der Waals surface area contributed by atoms with Crippen LogP contribution in [-0.4, -0.2) is 23.6 Å². The number of pyridine rings is 1. The predicted octanol–water partition coefficient (Wildman–Crippen LogP) is 2.98. The summed E-state index contributed by atoms with van der Waals surface area (Å²) in [6.45, 7) is 5.47. The van der Waals surface area contributed by atoms with Gasteiger partial charge in [-0.1, -0.05) is 6.42 Å². The lowest BCUT2D eigenvalue weighted by Gasteiger charge is -2.23. The van der Waals surface area contributed by atoms with E-state index < -0.39 is 0 Å². The van der Waals surface area contributed by atoms with Crippen LogP contribution in [0, 0.1) is 0 Å². The van der Waals surface area contributed by atoms with Gasteiger partial charge in [0.25, 0.3) is 0 Å². The van der Waals surface area contributed by atoms with Crippen LogP contribution in [0.5, 0.6) is 0 Å². The number of hydrogen-bond donors (Lipinski definition) is 2. The molecule has 1 aromatic heterocycles. The van der Waals surface area contributed by atoms with Gasteiger partial charge in [-0.05, 0) is 63.8 Å². The van der Waals surface area contributed by atoms with E-state index in [-0.39, 0.29) is 0 Å². The van der Waals surface area contributed by atoms with Crippen molar-refractivity contribution in [1.82, 2.24) is 10.3 Å². The van der Waals surface area contributed by atoms with Crippen molar-refractivity contribution in [2.75, 3.05) is 11.9 Å². The molecule has 0 amide bonds. The Bertz CT molecular complexity index is 357. The van der Waals surface area contributed by atoms with Crippen molar-refractivity contribution in [3.8, 4) is 0 Å². The van der Waals surface area contributed by atoms with E-state index in [4.69, 9.17) is 0 Å². The van der Waals surface area contributed by atoms with Crippen LogP contribution in [0.1, 0.15) is 45.1 Å². The van der Waals surface area contributed by atoms with Crippen molar-refractivity contribution in [3.63, 3.8) is 0 Å². The van der Waals surface area contributed by atoms with Crippen molar-refractivity contribution in [2.45, 2.75) is 58.0 Å². The van der Waals surface area contributed by atoms with Crippen molar-refractivity contribution in [3.05, 3.63) is 23.9 Å². The first-order valence-electron chi connectivity index (χ1n) is 7.19. The third-order valence-electron chi connectivity index (χ3n) is 3.45. The van der Waals surface area contributed by atoms with Crippen molar-refractivity contribution < 1.29 is 0 Å². The molecule has 2 N–H and O–H groups in total. The molecule has 2 rings (SSSR count). The third-order valence-corrected chi connectivity index (χ3v) is 3.45. The summed E-state index contributed by atoms with van der Waals surface area (Å²) < 4.78 is 0. The van der Waals surface area contributed by atoms with Crippen LogP contribution in [0.25, 0.3) is 0 Å². The molecule has 1 saturated heterocycles. The fourth-order valence-electron chi connectivity index (χ4n) is 2.52. The molecule has 3 nitrogen and oxygen atoms in total.